The zero-order valence-electron chi connectivity index (χ0n) is 18.5. The summed E-state index contributed by atoms with van der Waals surface area (Å²) in [6.45, 7) is 3.63. The van der Waals surface area contributed by atoms with Gasteiger partial charge in [0.05, 0.1) is 23.5 Å². The molecule has 4 aromatic rings. The highest BCUT2D eigenvalue weighted by Gasteiger charge is 2.17. The minimum Gasteiger partial charge on any atom is -0.365 e. The van der Waals surface area contributed by atoms with Gasteiger partial charge < -0.3 is 11.1 Å². The van der Waals surface area contributed by atoms with Crippen molar-refractivity contribution in [2.24, 2.45) is 19.8 Å². The van der Waals surface area contributed by atoms with Crippen LogP contribution >= 0.6 is 0 Å². The Morgan fingerprint density at radius 1 is 1.09 bits per heavy atom. The van der Waals surface area contributed by atoms with Crippen molar-refractivity contribution in [2.75, 3.05) is 5.32 Å². The van der Waals surface area contributed by atoms with Crippen LogP contribution in [0.15, 0.2) is 28.0 Å². The molecule has 3 N–H and O–H groups in total. The van der Waals surface area contributed by atoms with Crippen molar-refractivity contribution < 1.29 is 9.59 Å². The van der Waals surface area contributed by atoms with Crippen LogP contribution in [0.4, 0.5) is 5.69 Å². The van der Waals surface area contributed by atoms with Crippen LogP contribution in [0.1, 0.15) is 33.7 Å². The molecule has 2 amide bonds. The maximum absolute atomic E-state index is 12.6. The van der Waals surface area contributed by atoms with E-state index in [-0.39, 0.29) is 28.9 Å². The zero-order valence-corrected chi connectivity index (χ0v) is 18.5. The molecule has 0 aromatic carbocycles. The lowest BCUT2D eigenvalue weighted by atomic mass is 10.1. The number of aromatic nitrogens is 6. The second-order valence-corrected chi connectivity index (χ2v) is 7.77. The van der Waals surface area contributed by atoms with Crippen LogP contribution in [-0.4, -0.2) is 40.5 Å². The van der Waals surface area contributed by atoms with E-state index in [1.54, 1.807) is 6.92 Å². The van der Waals surface area contributed by atoms with Gasteiger partial charge in [0.15, 0.2) is 5.65 Å². The number of nitrogens with two attached hydrogens (primary N) is 1. The molecule has 0 atom stereocenters. The third-order valence-electron chi connectivity index (χ3n) is 5.65. The molecule has 12 nitrogen and oxygen atoms in total. The number of carbonyl (C=O) groups excluding carboxylic acids is 2. The number of nitrogens with one attached hydrogen (secondary N) is 1. The van der Waals surface area contributed by atoms with Gasteiger partial charge in [-0.3, -0.25) is 23.5 Å². The summed E-state index contributed by atoms with van der Waals surface area (Å²) >= 11 is 0. The topological polar surface area (TPSA) is 159 Å². The number of nitrogens with zero attached hydrogens (tertiary/aromatic N) is 6. The van der Waals surface area contributed by atoms with Gasteiger partial charge in [0.2, 0.25) is 5.91 Å². The van der Waals surface area contributed by atoms with E-state index in [0.717, 1.165) is 15.8 Å². The molecule has 170 valence electrons. The fourth-order valence-electron chi connectivity index (χ4n) is 3.84. The Morgan fingerprint density at radius 2 is 1.82 bits per heavy atom. The number of aryl methyl sites for hydroxylation is 3. The van der Waals surface area contributed by atoms with Crippen molar-refractivity contribution in [1.82, 2.24) is 28.7 Å². The average Bonchev–Trinajstić information content (AvgIpc) is 3.20. The molecule has 33 heavy (non-hydrogen) atoms. The van der Waals surface area contributed by atoms with Crippen LogP contribution in [0.3, 0.4) is 0 Å². The monoisotopic (exact) mass is 450 g/mol. The summed E-state index contributed by atoms with van der Waals surface area (Å²) in [4.78, 5) is 57.2. The number of pyridine rings is 1. The summed E-state index contributed by atoms with van der Waals surface area (Å²) in [6, 6.07) is 1.50. The van der Waals surface area contributed by atoms with Gasteiger partial charge in [-0.1, -0.05) is 0 Å². The van der Waals surface area contributed by atoms with Gasteiger partial charge >= 0.3 is 5.69 Å². The molecular weight excluding hydrogens is 428 g/mol. The van der Waals surface area contributed by atoms with Crippen molar-refractivity contribution in [2.45, 2.75) is 26.7 Å². The molecule has 0 aliphatic heterocycles. The fraction of sp³-hybridized carbons (Fsp3) is 0.286. The van der Waals surface area contributed by atoms with E-state index in [1.165, 1.54) is 41.6 Å². The van der Waals surface area contributed by atoms with Gasteiger partial charge in [-0.25, -0.2) is 19.3 Å². The normalized spacial score (nSPS) is 11.3. The van der Waals surface area contributed by atoms with E-state index in [0.29, 0.717) is 23.4 Å². The highest BCUT2D eigenvalue weighted by molar-refractivity contribution is 5.98. The van der Waals surface area contributed by atoms with Gasteiger partial charge in [-0.2, -0.15) is 5.10 Å². The molecular formula is C21H22N8O4. The minimum absolute atomic E-state index is 0.141. The Balaban J connectivity index is 1.56. The Morgan fingerprint density at radius 3 is 2.52 bits per heavy atom. The van der Waals surface area contributed by atoms with E-state index < -0.39 is 17.2 Å². The Bertz CT molecular complexity index is 1580. The first-order valence-corrected chi connectivity index (χ1v) is 10.1. The molecule has 0 aliphatic carbocycles. The zero-order chi connectivity index (χ0) is 24.0. The number of carbonyl (C=O) groups is 2. The Labute approximate surface area is 186 Å². The lowest BCUT2D eigenvalue weighted by Gasteiger charge is -2.12. The smallest absolute Gasteiger partial charge is 0.332 e. The molecule has 0 spiro atoms. The van der Waals surface area contributed by atoms with Crippen molar-refractivity contribution in [1.29, 1.82) is 0 Å². The molecule has 4 heterocycles. The molecule has 0 unspecified atom stereocenters. The summed E-state index contributed by atoms with van der Waals surface area (Å²) in [5.74, 6) is -0.891. The summed E-state index contributed by atoms with van der Waals surface area (Å²) in [5, 5.41) is 7.15. The number of fused-ring (bicyclic) bond motifs is 2. The van der Waals surface area contributed by atoms with Gasteiger partial charge in [-0.15, -0.1) is 0 Å². The average molecular weight is 450 g/mol. The van der Waals surface area contributed by atoms with Crippen LogP contribution in [-0.2, 0) is 25.3 Å². The lowest BCUT2D eigenvalue weighted by molar-refractivity contribution is -0.116. The maximum Gasteiger partial charge on any atom is 0.332 e. The van der Waals surface area contributed by atoms with Gasteiger partial charge in [0.25, 0.3) is 11.5 Å². The third kappa shape index (κ3) is 3.64. The van der Waals surface area contributed by atoms with E-state index in [9.17, 15) is 19.2 Å². The van der Waals surface area contributed by atoms with Crippen LogP contribution in [0.5, 0.6) is 0 Å². The molecule has 0 fully saturated rings. The summed E-state index contributed by atoms with van der Waals surface area (Å²) in [6.07, 6.45) is 3.30. The number of anilines is 1. The van der Waals surface area contributed by atoms with Crippen LogP contribution < -0.4 is 22.3 Å². The molecule has 0 saturated heterocycles. The molecule has 12 heteroatoms. The SMILES string of the molecule is Cc1nc2c(C(N)=O)cnn2c(C)c1CCC(=O)Nc1cnc2c(c1)c(=O)n(C)c(=O)n2C. The second kappa shape index (κ2) is 7.97. The first kappa shape index (κ1) is 21.9. The predicted octanol–water partition coefficient (Wildman–Crippen LogP) is -0.0381. The molecule has 4 rings (SSSR count). The third-order valence-corrected chi connectivity index (χ3v) is 5.65. The molecule has 0 aliphatic rings. The van der Waals surface area contributed by atoms with E-state index in [4.69, 9.17) is 5.73 Å². The highest BCUT2D eigenvalue weighted by atomic mass is 16.2. The van der Waals surface area contributed by atoms with Crippen molar-refractivity contribution in [3.05, 3.63) is 61.8 Å². The number of hydrogen-bond donors (Lipinski definition) is 2. The standard InChI is InChI=1S/C21H22N8O4/c1-10-13(11(2)29-19(25-10)15(9-24-29)17(22)31)5-6-16(30)26-12-7-14-18(23-8-12)27(3)21(33)28(4)20(14)32/h7-9H,5-6H2,1-4H3,(H2,22,31)(H,26,30). The highest BCUT2D eigenvalue weighted by Crippen LogP contribution is 2.19. The predicted molar refractivity (Wildman–Crippen MR) is 120 cm³/mol. The first-order chi connectivity index (χ1) is 15.6. The van der Waals surface area contributed by atoms with E-state index >= 15 is 0 Å². The summed E-state index contributed by atoms with van der Waals surface area (Å²) in [7, 11) is 2.91. The summed E-state index contributed by atoms with van der Waals surface area (Å²) in [5.41, 5.74) is 7.87. The number of primary amides is 1. The van der Waals surface area contributed by atoms with Gasteiger partial charge in [0.1, 0.15) is 11.2 Å². The first-order valence-electron chi connectivity index (χ1n) is 10.1. The number of amides is 2. The molecule has 4 aromatic heterocycles. The van der Waals surface area contributed by atoms with Crippen molar-refractivity contribution in [3.8, 4) is 0 Å². The van der Waals surface area contributed by atoms with E-state index in [2.05, 4.69) is 20.4 Å². The quantitative estimate of drug-likeness (QED) is 0.431. The Kier molecular flexibility index (Phi) is 5.28. The number of rotatable bonds is 5. The van der Waals surface area contributed by atoms with Crippen LogP contribution in [0.25, 0.3) is 16.7 Å². The van der Waals surface area contributed by atoms with Crippen LogP contribution in [0, 0.1) is 13.8 Å². The van der Waals surface area contributed by atoms with Gasteiger partial charge in [-0.05, 0) is 31.9 Å². The van der Waals surface area contributed by atoms with Crippen LogP contribution in [0.2, 0.25) is 0 Å². The largest absolute Gasteiger partial charge is 0.365 e. The maximum atomic E-state index is 12.6. The fourth-order valence-corrected chi connectivity index (χ4v) is 3.84. The Hall–Kier alpha value is -4.35. The molecule has 0 saturated carbocycles. The van der Waals surface area contributed by atoms with E-state index in [1.807, 2.05) is 6.92 Å². The van der Waals surface area contributed by atoms with Crippen molar-refractivity contribution in [3.63, 3.8) is 0 Å². The lowest BCUT2D eigenvalue weighted by Crippen LogP contribution is -2.37. The number of hydrogen-bond acceptors (Lipinski definition) is 7. The minimum atomic E-state index is -0.609. The van der Waals surface area contributed by atoms with Crippen molar-refractivity contribution >= 4 is 34.2 Å². The molecule has 0 bridgehead atoms. The summed E-state index contributed by atoms with van der Waals surface area (Å²) < 4.78 is 3.80. The van der Waals surface area contributed by atoms with Gasteiger partial charge in [0, 0.05) is 31.9 Å². The molecule has 0 radical (unpaired) electrons. The second-order valence-electron chi connectivity index (χ2n) is 7.77.